The first-order chi connectivity index (χ1) is 10.1. The van der Waals surface area contributed by atoms with E-state index in [2.05, 4.69) is 56.2 Å². The molecule has 1 N–H and O–H groups in total. The average molecular weight is 434 g/mol. The number of hydrogen-bond donors (Lipinski definition) is 1. The molecular weight excluding hydrogens is 417 g/mol. The number of ether oxygens (including phenoxy) is 1. The molecule has 2 nitrogen and oxygen atoms in total. The van der Waals surface area contributed by atoms with Crippen LogP contribution in [0, 0.1) is 0 Å². The van der Waals surface area contributed by atoms with Gasteiger partial charge in [0.05, 0.1) is 26.3 Å². The molecule has 0 unspecified atom stereocenters. The van der Waals surface area contributed by atoms with Crippen LogP contribution in [0.15, 0.2) is 45.3 Å². The van der Waals surface area contributed by atoms with E-state index < -0.39 is 0 Å². The Hall–Kier alpha value is -0.710. The highest BCUT2D eigenvalue weighted by molar-refractivity contribution is 9.11. The molecule has 0 bridgehead atoms. The fraction of sp³-hybridized carbons (Fsp3) is 0.250. The standard InChI is InChI=1S/C16H16Br2ClNO/c1-2-7-21-16-12(17)8-11(9-13(16)18)10-20-15-6-4-3-5-14(15)19/h3-6,8-9,20H,2,7,10H2,1H3. The van der Waals surface area contributed by atoms with Gasteiger partial charge in [0.1, 0.15) is 5.75 Å². The predicted octanol–water partition coefficient (Wildman–Crippen LogP) is 6.27. The third-order valence-corrected chi connectivity index (χ3v) is 4.37. The van der Waals surface area contributed by atoms with Crippen LogP contribution < -0.4 is 10.1 Å². The molecule has 21 heavy (non-hydrogen) atoms. The second kappa shape index (κ2) is 8.06. The topological polar surface area (TPSA) is 21.3 Å². The maximum Gasteiger partial charge on any atom is 0.147 e. The Morgan fingerprint density at radius 1 is 1.14 bits per heavy atom. The zero-order valence-electron chi connectivity index (χ0n) is 11.6. The molecule has 0 heterocycles. The normalized spacial score (nSPS) is 10.5. The number of anilines is 1. The summed E-state index contributed by atoms with van der Waals surface area (Å²) in [5.74, 6) is 0.846. The van der Waals surface area contributed by atoms with Crippen LogP contribution in [-0.4, -0.2) is 6.61 Å². The monoisotopic (exact) mass is 431 g/mol. The molecule has 0 aliphatic rings. The van der Waals surface area contributed by atoms with Crippen LogP contribution in [0.3, 0.4) is 0 Å². The zero-order chi connectivity index (χ0) is 15.2. The molecule has 0 radical (unpaired) electrons. The van der Waals surface area contributed by atoms with Gasteiger partial charge in [-0.3, -0.25) is 0 Å². The van der Waals surface area contributed by atoms with Crippen molar-refractivity contribution in [3.05, 3.63) is 55.9 Å². The number of rotatable bonds is 6. The van der Waals surface area contributed by atoms with E-state index in [1.165, 1.54) is 0 Å². The predicted molar refractivity (Wildman–Crippen MR) is 96.4 cm³/mol. The van der Waals surface area contributed by atoms with Crippen LogP contribution in [0.25, 0.3) is 0 Å². The Kier molecular flexibility index (Phi) is 6.40. The number of hydrogen-bond acceptors (Lipinski definition) is 2. The fourth-order valence-electron chi connectivity index (χ4n) is 1.86. The SMILES string of the molecule is CCCOc1c(Br)cc(CNc2ccccc2Cl)cc1Br. The number of halogens is 3. The Balaban J connectivity index is 2.09. The third kappa shape index (κ3) is 4.63. The summed E-state index contributed by atoms with van der Waals surface area (Å²) < 4.78 is 7.61. The van der Waals surface area contributed by atoms with E-state index in [9.17, 15) is 0 Å². The van der Waals surface area contributed by atoms with Crippen LogP contribution in [0.2, 0.25) is 5.02 Å². The second-order valence-corrected chi connectivity index (χ2v) is 6.69. The first kappa shape index (κ1) is 16.7. The molecule has 0 amide bonds. The quantitative estimate of drug-likeness (QED) is 0.580. The number of benzene rings is 2. The lowest BCUT2D eigenvalue weighted by molar-refractivity contribution is 0.313. The molecule has 2 aromatic carbocycles. The van der Waals surface area contributed by atoms with Gasteiger partial charge in [0.25, 0.3) is 0 Å². The molecule has 0 aliphatic carbocycles. The summed E-state index contributed by atoms with van der Waals surface area (Å²) in [6, 6.07) is 11.8. The van der Waals surface area contributed by atoms with Crippen molar-refractivity contribution in [2.45, 2.75) is 19.9 Å². The summed E-state index contributed by atoms with van der Waals surface area (Å²) in [5, 5.41) is 4.05. The van der Waals surface area contributed by atoms with Gasteiger partial charge in [0.2, 0.25) is 0 Å². The van der Waals surface area contributed by atoms with Crippen molar-refractivity contribution in [1.82, 2.24) is 0 Å². The van der Waals surface area contributed by atoms with E-state index >= 15 is 0 Å². The van der Waals surface area contributed by atoms with Gasteiger partial charge in [-0.2, -0.15) is 0 Å². The van der Waals surface area contributed by atoms with E-state index in [-0.39, 0.29) is 0 Å². The minimum absolute atomic E-state index is 0.689. The molecule has 0 saturated carbocycles. The van der Waals surface area contributed by atoms with Gasteiger partial charge in [0, 0.05) is 6.54 Å². The van der Waals surface area contributed by atoms with E-state index in [0.717, 1.165) is 37.4 Å². The van der Waals surface area contributed by atoms with Crippen molar-refractivity contribution in [3.63, 3.8) is 0 Å². The van der Waals surface area contributed by atoms with Crippen molar-refractivity contribution in [3.8, 4) is 5.75 Å². The van der Waals surface area contributed by atoms with Gasteiger partial charge < -0.3 is 10.1 Å². The van der Waals surface area contributed by atoms with Gasteiger partial charge in [-0.05, 0) is 68.1 Å². The third-order valence-electron chi connectivity index (χ3n) is 2.87. The van der Waals surface area contributed by atoms with Crippen molar-refractivity contribution < 1.29 is 4.74 Å². The fourth-order valence-corrected chi connectivity index (χ4v) is 3.57. The smallest absolute Gasteiger partial charge is 0.147 e. The van der Waals surface area contributed by atoms with Gasteiger partial charge in [-0.15, -0.1) is 0 Å². The summed E-state index contributed by atoms with van der Waals surface area (Å²) in [6.07, 6.45) is 0.981. The van der Waals surface area contributed by atoms with Crippen LogP contribution in [-0.2, 0) is 6.54 Å². The molecule has 0 aromatic heterocycles. The van der Waals surface area contributed by atoms with Crippen LogP contribution in [0.1, 0.15) is 18.9 Å². The first-order valence-corrected chi connectivity index (χ1v) is 8.67. The molecule has 0 atom stereocenters. The summed E-state index contributed by atoms with van der Waals surface area (Å²) in [5.41, 5.74) is 2.07. The lowest BCUT2D eigenvalue weighted by Gasteiger charge is -2.13. The van der Waals surface area contributed by atoms with Crippen molar-refractivity contribution in [2.75, 3.05) is 11.9 Å². The molecular formula is C16H16Br2ClNO. The summed E-state index contributed by atoms with van der Waals surface area (Å²) in [7, 11) is 0. The molecule has 2 aromatic rings. The second-order valence-electron chi connectivity index (χ2n) is 4.57. The average Bonchev–Trinajstić information content (AvgIpc) is 2.46. The highest BCUT2D eigenvalue weighted by Crippen LogP contribution is 2.35. The molecule has 5 heteroatoms. The Labute approximate surface area is 147 Å². The Bertz CT molecular complexity index is 596. The minimum atomic E-state index is 0.689. The summed E-state index contributed by atoms with van der Waals surface area (Å²) in [4.78, 5) is 0. The Morgan fingerprint density at radius 2 is 1.81 bits per heavy atom. The van der Waals surface area contributed by atoms with Gasteiger partial charge >= 0.3 is 0 Å². The molecule has 0 saturated heterocycles. The molecule has 0 aliphatic heterocycles. The zero-order valence-corrected chi connectivity index (χ0v) is 15.6. The van der Waals surface area contributed by atoms with E-state index in [4.69, 9.17) is 16.3 Å². The summed E-state index contributed by atoms with van der Waals surface area (Å²) in [6.45, 7) is 3.48. The van der Waals surface area contributed by atoms with Crippen molar-refractivity contribution in [1.29, 1.82) is 0 Å². The largest absolute Gasteiger partial charge is 0.491 e. The van der Waals surface area contributed by atoms with Gasteiger partial charge in [0.15, 0.2) is 0 Å². The van der Waals surface area contributed by atoms with Crippen molar-refractivity contribution in [2.24, 2.45) is 0 Å². The van der Waals surface area contributed by atoms with Crippen LogP contribution in [0.5, 0.6) is 5.75 Å². The molecule has 0 spiro atoms. The van der Waals surface area contributed by atoms with E-state index in [1.807, 2.05) is 24.3 Å². The van der Waals surface area contributed by atoms with E-state index in [1.54, 1.807) is 0 Å². The number of nitrogens with one attached hydrogen (secondary N) is 1. The lowest BCUT2D eigenvalue weighted by Crippen LogP contribution is -2.02. The highest BCUT2D eigenvalue weighted by Gasteiger charge is 2.09. The molecule has 0 fully saturated rings. The van der Waals surface area contributed by atoms with E-state index in [0.29, 0.717) is 13.2 Å². The van der Waals surface area contributed by atoms with Crippen LogP contribution >= 0.6 is 43.5 Å². The first-order valence-electron chi connectivity index (χ1n) is 6.71. The highest BCUT2D eigenvalue weighted by atomic mass is 79.9. The Morgan fingerprint density at radius 3 is 2.43 bits per heavy atom. The lowest BCUT2D eigenvalue weighted by atomic mass is 10.2. The van der Waals surface area contributed by atoms with Crippen molar-refractivity contribution >= 4 is 49.1 Å². The van der Waals surface area contributed by atoms with Crippen LogP contribution in [0.4, 0.5) is 5.69 Å². The maximum atomic E-state index is 6.13. The number of para-hydroxylation sites is 1. The molecule has 2 rings (SSSR count). The van der Waals surface area contributed by atoms with Gasteiger partial charge in [-0.25, -0.2) is 0 Å². The summed E-state index contributed by atoms with van der Waals surface area (Å²) >= 11 is 13.3. The molecule has 112 valence electrons. The van der Waals surface area contributed by atoms with Gasteiger partial charge in [-0.1, -0.05) is 30.7 Å². The minimum Gasteiger partial charge on any atom is -0.491 e. The maximum absolute atomic E-state index is 6.13.